The van der Waals surface area contributed by atoms with E-state index in [4.69, 9.17) is 4.42 Å². The first-order valence-corrected chi connectivity index (χ1v) is 7.91. The van der Waals surface area contributed by atoms with Crippen molar-refractivity contribution in [1.82, 2.24) is 20.1 Å². The van der Waals surface area contributed by atoms with Crippen molar-refractivity contribution >= 4 is 5.91 Å². The minimum Gasteiger partial charge on any atom is -0.466 e. The highest BCUT2D eigenvalue weighted by atomic mass is 16.3. The fourth-order valence-electron chi connectivity index (χ4n) is 2.76. The fraction of sp³-hybridized carbons (Fsp3) is 0.278. The van der Waals surface area contributed by atoms with Crippen LogP contribution in [-0.4, -0.2) is 32.3 Å². The number of amides is 1. The first-order valence-electron chi connectivity index (χ1n) is 7.91. The molecule has 3 aromatic heterocycles. The number of pyridine rings is 1. The average Bonchev–Trinajstić information content (AvgIpc) is 3.22. The lowest BCUT2D eigenvalue weighted by Gasteiger charge is -2.23. The molecule has 0 aromatic carbocycles. The number of aryl methyl sites for hydroxylation is 2. The quantitative estimate of drug-likeness (QED) is 0.742. The second kappa shape index (κ2) is 6.52. The zero-order chi connectivity index (χ0) is 18.0. The Kier molecular flexibility index (Phi) is 4.41. The van der Waals surface area contributed by atoms with Gasteiger partial charge in [0, 0.05) is 24.2 Å². The van der Waals surface area contributed by atoms with Crippen LogP contribution in [-0.2, 0) is 5.60 Å². The van der Waals surface area contributed by atoms with E-state index >= 15 is 0 Å². The molecule has 3 rings (SSSR count). The number of furan rings is 1. The van der Waals surface area contributed by atoms with Gasteiger partial charge in [-0.25, -0.2) is 9.67 Å². The van der Waals surface area contributed by atoms with E-state index in [0.29, 0.717) is 28.5 Å². The molecule has 7 nitrogen and oxygen atoms in total. The summed E-state index contributed by atoms with van der Waals surface area (Å²) >= 11 is 0. The first-order chi connectivity index (χ1) is 11.9. The number of carbonyl (C=O) groups is 1. The molecule has 0 unspecified atom stereocenters. The Morgan fingerprint density at radius 3 is 2.80 bits per heavy atom. The number of carbonyl (C=O) groups excluding carboxylic acids is 1. The van der Waals surface area contributed by atoms with Gasteiger partial charge in [0.15, 0.2) is 5.82 Å². The summed E-state index contributed by atoms with van der Waals surface area (Å²) in [6.45, 7) is 5.29. The third kappa shape index (κ3) is 3.46. The zero-order valence-electron chi connectivity index (χ0n) is 14.4. The Labute approximate surface area is 145 Å². The van der Waals surface area contributed by atoms with Crippen molar-refractivity contribution in [3.8, 4) is 5.82 Å². The lowest BCUT2D eigenvalue weighted by Crippen LogP contribution is -2.39. The van der Waals surface area contributed by atoms with Crippen molar-refractivity contribution in [2.24, 2.45) is 0 Å². The summed E-state index contributed by atoms with van der Waals surface area (Å²) in [5.74, 6) is 1.44. The number of hydrogen-bond donors (Lipinski definition) is 2. The second-order valence-electron chi connectivity index (χ2n) is 6.11. The molecule has 0 aliphatic carbocycles. The highest BCUT2D eigenvalue weighted by Crippen LogP contribution is 2.26. The third-order valence-electron chi connectivity index (χ3n) is 3.97. The van der Waals surface area contributed by atoms with Crippen LogP contribution < -0.4 is 5.32 Å². The standard InChI is InChI=1S/C18H20N4O3/c1-12-10-15(13(2)25-12)18(3,24)11-20-17(23)14-6-4-7-19-16(14)22-9-5-8-21-22/h4-10,24H,11H2,1-3H3,(H,20,23)/t18-/m0/s1. The molecule has 0 bridgehead atoms. The summed E-state index contributed by atoms with van der Waals surface area (Å²) < 4.78 is 6.99. The van der Waals surface area contributed by atoms with Gasteiger partial charge in [-0.2, -0.15) is 5.10 Å². The molecule has 1 amide bonds. The molecular formula is C18H20N4O3. The Morgan fingerprint density at radius 2 is 2.16 bits per heavy atom. The van der Waals surface area contributed by atoms with Crippen LogP contribution in [0.3, 0.4) is 0 Å². The van der Waals surface area contributed by atoms with Gasteiger partial charge in [-0.05, 0) is 45.0 Å². The van der Waals surface area contributed by atoms with Crippen LogP contribution in [0.5, 0.6) is 0 Å². The van der Waals surface area contributed by atoms with E-state index in [1.165, 1.54) is 4.68 Å². The highest BCUT2D eigenvalue weighted by Gasteiger charge is 2.28. The Morgan fingerprint density at radius 1 is 1.36 bits per heavy atom. The predicted molar refractivity (Wildman–Crippen MR) is 91.4 cm³/mol. The topological polar surface area (TPSA) is 93.2 Å². The largest absolute Gasteiger partial charge is 0.466 e. The van der Waals surface area contributed by atoms with E-state index in [0.717, 1.165) is 0 Å². The number of aromatic nitrogens is 3. The predicted octanol–water partition coefficient (Wildman–Crippen LogP) is 2.11. The van der Waals surface area contributed by atoms with Crippen molar-refractivity contribution in [2.45, 2.75) is 26.4 Å². The summed E-state index contributed by atoms with van der Waals surface area (Å²) in [7, 11) is 0. The molecule has 130 valence electrons. The van der Waals surface area contributed by atoms with Gasteiger partial charge in [0.2, 0.25) is 0 Å². The van der Waals surface area contributed by atoms with Crippen molar-refractivity contribution in [2.75, 3.05) is 6.54 Å². The van der Waals surface area contributed by atoms with Gasteiger partial charge >= 0.3 is 0 Å². The maximum atomic E-state index is 12.6. The van der Waals surface area contributed by atoms with Crippen molar-refractivity contribution < 1.29 is 14.3 Å². The van der Waals surface area contributed by atoms with Crippen molar-refractivity contribution in [1.29, 1.82) is 0 Å². The minimum absolute atomic E-state index is 0.0408. The van der Waals surface area contributed by atoms with Crippen LogP contribution in [0.25, 0.3) is 5.82 Å². The number of nitrogens with one attached hydrogen (secondary N) is 1. The molecule has 0 aliphatic rings. The zero-order valence-corrected chi connectivity index (χ0v) is 14.4. The molecule has 0 radical (unpaired) electrons. The molecule has 0 aliphatic heterocycles. The van der Waals surface area contributed by atoms with Crippen molar-refractivity contribution in [3.05, 3.63) is 65.5 Å². The van der Waals surface area contributed by atoms with Gasteiger partial charge in [-0.1, -0.05) is 0 Å². The Hall–Kier alpha value is -2.93. The second-order valence-corrected chi connectivity index (χ2v) is 6.11. The highest BCUT2D eigenvalue weighted by molar-refractivity contribution is 5.97. The summed E-state index contributed by atoms with van der Waals surface area (Å²) in [6, 6.07) is 6.89. The fourth-order valence-corrected chi connectivity index (χ4v) is 2.76. The molecule has 0 saturated heterocycles. The molecule has 25 heavy (non-hydrogen) atoms. The molecule has 2 N–H and O–H groups in total. The lowest BCUT2D eigenvalue weighted by atomic mass is 9.96. The van der Waals surface area contributed by atoms with E-state index in [2.05, 4.69) is 15.4 Å². The van der Waals surface area contributed by atoms with Crippen LogP contribution in [0.1, 0.15) is 34.4 Å². The van der Waals surface area contributed by atoms with Crippen LogP contribution >= 0.6 is 0 Å². The molecular weight excluding hydrogens is 320 g/mol. The van der Waals surface area contributed by atoms with Gasteiger partial charge in [0.25, 0.3) is 5.91 Å². The van der Waals surface area contributed by atoms with Crippen molar-refractivity contribution in [3.63, 3.8) is 0 Å². The molecule has 0 saturated carbocycles. The number of rotatable bonds is 5. The van der Waals surface area contributed by atoms with E-state index in [9.17, 15) is 9.90 Å². The van der Waals surface area contributed by atoms with E-state index in [-0.39, 0.29) is 12.5 Å². The lowest BCUT2D eigenvalue weighted by molar-refractivity contribution is 0.0514. The third-order valence-corrected chi connectivity index (χ3v) is 3.97. The number of nitrogens with zero attached hydrogens (tertiary/aromatic N) is 3. The number of aliphatic hydroxyl groups is 1. The van der Waals surface area contributed by atoms with Gasteiger partial charge in [-0.15, -0.1) is 0 Å². The van der Waals surface area contributed by atoms with E-state index < -0.39 is 5.60 Å². The Bertz CT molecular complexity index is 882. The molecule has 0 spiro atoms. The van der Waals surface area contributed by atoms with Crippen LogP contribution in [0.4, 0.5) is 0 Å². The summed E-state index contributed by atoms with van der Waals surface area (Å²) in [6.07, 6.45) is 4.93. The number of hydrogen-bond acceptors (Lipinski definition) is 5. The SMILES string of the molecule is Cc1cc([C@@](C)(O)CNC(=O)c2cccnc2-n2cccn2)c(C)o1. The molecule has 3 aromatic rings. The summed E-state index contributed by atoms with van der Waals surface area (Å²) in [5.41, 5.74) is -0.211. The van der Waals surface area contributed by atoms with E-state index in [1.54, 1.807) is 56.7 Å². The summed E-state index contributed by atoms with van der Waals surface area (Å²) in [4.78, 5) is 16.8. The summed E-state index contributed by atoms with van der Waals surface area (Å²) in [5, 5.41) is 17.6. The van der Waals surface area contributed by atoms with Crippen LogP contribution in [0.2, 0.25) is 0 Å². The van der Waals surface area contributed by atoms with Gasteiger partial charge in [-0.3, -0.25) is 4.79 Å². The molecule has 7 heteroatoms. The van der Waals surface area contributed by atoms with E-state index in [1.807, 2.05) is 6.92 Å². The first kappa shape index (κ1) is 16.9. The normalized spacial score (nSPS) is 13.4. The van der Waals surface area contributed by atoms with Crippen LogP contribution in [0.15, 0.2) is 47.3 Å². The molecule has 3 heterocycles. The molecule has 0 fully saturated rings. The van der Waals surface area contributed by atoms with Gasteiger partial charge in [0.05, 0.1) is 12.1 Å². The maximum absolute atomic E-state index is 12.6. The Balaban J connectivity index is 1.79. The minimum atomic E-state index is -1.24. The monoisotopic (exact) mass is 340 g/mol. The smallest absolute Gasteiger partial charge is 0.255 e. The average molecular weight is 340 g/mol. The maximum Gasteiger partial charge on any atom is 0.255 e. The molecule has 1 atom stereocenters. The van der Waals surface area contributed by atoms with Gasteiger partial charge < -0.3 is 14.8 Å². The van der Waals surface area contributed by atoms with Gasteiger partial charge in [0.1, 0.15) is 17.1 Å². The van der Waals surface area contributed by atoms with Crippen LogP contribution in [0, 0.1) is 13.8 Å².